The molecule has 0 aromatic heterocycles. The Morgan fingerprint density at radius 1 is 1.17 bits per heavy atom. The Labute approximate surface area is 130 Å². The number of benzene rings is 1. The molecule has 0 bridgehead atoms. The van der Waals surface area contributed by atoms with Crippen molar-refractivity contribution in [1.82, 2.24) is 10.2 Å². The van der Waals surface area contributed by atoms with E-state index in [9.17, 15) is 24.0 Å². The fourth-order valence-corrected chi connectivity index (χ4v) is 2.83. The van der Waals surface area contributed by atoms with Crippen LogP contribution in [0.1, 0.15) is 50.8 Å². The number of amides is 4. The van der Waals surface area contributed by atoms with E-state index in [0.29, 0.717) is 0 Å². The maximum atomic E-state index is 12.6. The van der Waals surface area contributed by atoms with Gasteiger partial charge in [-0.15, -0.1) is 0 Å². The van der Waals surface area contributed by atoms with E-state index < -0.39 is 35.1 Å². The van der Waals surface area contributed by atoms with Gasteiger partial charge in [0.25, 0.3) is 17.7 Å². The van der Waals surface area contributed by atoms with E-state index in [1.807, 2.05) is 0 Å². The van der Waals surface area contributed by atoms with E-state index >= 15 is 0 Å². The number of aromatic carboxylic acids is 1. The second kappa shape index (κ2) is 4.73. The normalized spacial score (nSPS) is 23.8. The van der Waals surface area contributed by atoms with E-state index in [2.05, 4.69) is 5.32 Å². The highest BCUT2D eigenvalue weighted by Gasteiger charge is 2.52. The van der Waals surface area contributed by atoms with E-state index in [0.717, 1.165) is 11.0 Å². The molecule has 1 fully saturated rings. The number of carboxylic acids is 1. The number of nitrogens with one attached hydrogen (secondary N) is 1. The van der Waals surface area contributed by atoms with Crippen LogP contribution in [0.5, 0.6) is 0 Å². The molecule has 4 amide bonds. The van der Waals surface area contributed by atoms with Gasteiger partial charge in [0.05, 0.1) is 16.7 Å². The SMILES string of the molecule is C[C@]1(N2C(=O)c3ccc(C(=O)O)cc3C2=O)CCC(=O)NC1=O. The van der Waals surface area contributed by atoms with Crippen molar-refractivity contribution >= 4 is 29.6 Å². The lowest BCUT2D eigenvalue weighted by molar-refractivity contribution is -0.140. The number of fused-ring (bicyclic) bond motifs is 1. The Morgan fingerprint density at radius 2 is 1.83 bits per heavy atom. The van der Waals surface area contributed by atoms with Crippen LogP contribution in [0.2, 0.25) is 0 Å². The van der Waals surface area contributed by atoms with Crippen molar-refractivity contribution in [3.8, 4) is 0 Å². The lowest BCUT2D eigenvalue weighted by atomic mass is 9.89. The van der Waals surface area contributed by atoms with Crippen LogP contribution in [-0.2, 0) is 9.59 Å². The van der Waals surface area contributed by atoms with Crippen LogP contribution in [0.4, 0.5) is 0 Å². The van der Waals surface area contributed by atoms with Crippen LogP contribution >= 0.6 is 0 Å². The highest BCUT2D eigenvalue weighted by Crippen LogP contribution is 2.34. The van der Waals surface area contributed by atoms with E-state index in [-0.39, 0.29) is 29.5 Å². The molecule has 2 aliphatic rings. The summed E-state index contributed by atoms with van der Waals surface area (Å²) in [5.41, 5.74) is -1.61. The van der Waals surface area contributed by atoms with Crippen molar-refractivity contribution in [3.05, 3.63) is 34.9 Å². The summed E-state index contributed by atoms with van der Waals surface area (Å²) in [5.74, 6) is -3.81. The number of piperidine rings is 1. The highest BCUT2D eigenvalue weighted by molar-refractivity contribution is 6.24. The van der Waals surface area contributed by atoms with Crippen molar-refractivity contribution in [2.75, 3.05) is 0 Å². The maximum absolute atomic E-state index is 12.6. The van der Waals surface area contributed by atoms with Gasteiger partial charge in [-0.2, -0.15) is 0 Å². The summed E-state index contributed by atoms with van der Waals surface area (Å²) in [6.07, 6.45) is 0.0327. The first-order chi connectivity index (χ1) is 10.8. The van der Waals surface area contributed by atoms with Crippen LogP contribution < -0.4 is 5.32 Å². The number of hydrogen-bond acceptors (Lipinski definition) is 5. The van der Waals surface area contributed by atoms with E-state index in [1.54, 1.807) is 0 Å². The number of carbonyl (C=O) groups is 5. The lowest BCUT2D eigenvalue weighted by Crippen LogP contribution is -2.62. The second-order valence-electron chi connectivity index (χ2n) is 5.66. The standard InChI is InChI=1S/C15H12N2O6/c1-15(5-4-10(18)16-14(15)23)17-11(19)8-3-2-7(13(21)22)6-9(8)12(17)20/h2-3,6H,4-5H2,1H3,(H,21,22)(H,16,18,23)/t15-/m0/s1. The zero-order valence-corrected chi connectivity index (χ0v) is 12.1. The summed E-state index contributed by atoms with van der Waals surface area (Å²) >= 11 is 0. The molecule has 118 valence electrons. The minimum absolute atomic E-state index is 0.00994. The molecule has 1 atom stereocenters. The molecule has 2 N–H and O–H groups in total. The largest absolute Gasteiger partial charge is 0.478 e. The smallest absolute Gasteiger partial charge is 0.335 e. The first-order valence-electron chi connectivity index (χ1n) is 6.86. The number of nitrogens with zero attached hydrogens (tertiary/aromatic N) is 1. The molecule has 2 aliphatic heterocycles. The van der Waals surface area contributed by atoms with Gasteiger partial charge in [0, 0.05) is 6.42 Å². The number of rotatable bonds is 2. The zero-order valence-electron chi connectivity index (χ0n) is 12.1. The van der Waals surface area contributed by atoms with Crippen LogP contribution in [0, 0.1) is 0 Å². The molecular formula is C15H12N2O6. The highest BCUT2D eigenvalue weighted by atomic mass is 16.4. The fraction of sp³-hybridized carbons (Fsp3) is 0.267. The van der Waals surface area contributed by atoms with Crippen molar-refractivity contribution < 1.29 is 29.1 Å². The summed E-state index contributed by atoms with van der Waals surface area (Å²) in [4.78, 5) is 60.3. The van der Waals surface area contributed by atoms with Gasteiger partial charge in [0.2, 0.25) is 5.91 Å². The monoisotopic (exact) mass is 316 g/mol. The summed E-state index contributed by atoms with van der Waals surface area (Å²) in [6, 6.07) is 3.60. The molecule has 8 heteroatoms. The summed E-state index contributed by atoms with van der Waals surface area (Å²) in [5, 5.41) is 11.1. The fourth-order valence-electron chi connectivity index (χ4n) is 2.83. The Balaban J connectivity index is 2.05. The van der Waals surface area contributed by atoms with Gasteiger partial charge in [-0.3, -0.25) is 29.4 Å². The average molecular weight is 316 g/mol. The van der Waals surface area contributed by atoms with Crippen molar-refractivity contribution in [2.45, 2.75) is 25.3 Å². The third kappa shape index (κ3) is 2.02. The molecule has 3 rings (SSSR count). The van der Waals surface area contributed by atoms with Gasteiger partial charge in [-0.25, -0.2) is 4.79 Å². The third-order valence-electron chi connectivity index (χ3n) is 4.21. The Bertz CT molecular complexity index is 799. The molecule has 0 spiro atoms. The van der Waals surface area contributed by atoms with Gasteiger partial charge < -0.3 is 5.11 Å². The van der Waals surface area contributed by atoms with Crippen molar-refractivity contribution in [3.63, 3.8) is 0 Å². The van der Waals surface area contributed by atoms with Crippen LogP contribution in [0.15, 0.2) is 18.2 Å². The molecular weight excluding hydrogens is 304 g/mol. The molecule has 0 unspecified atom stereocenters. The molecule has 2 heterocycles. The molecule has 8 nitrogen and oxygen atoms in total. The number of imide groups is 2. The Morgan fingerprint density at radius 3 is 2.43 bits per heavy atom. The predicted octanol–water partition coefficient (Wildman–Crippen LogP) is 0.176. The van der Waals surface area contributed by atoms with Gasteiger partial charge >= 0.3 is 5.97 Å². The van der Waals surface area contributed by atoms with Gasteiger partial charge in [0.1, 0.15) is 5.54 Å². The second-order valence-corrected chi connectivity index (χ2v) is 5.66. The molecule has 23 heavy (non-hydrogen) atoms. The van der Waals surface area contributed by atoms with Gasteiger partial charge in [0.15, 0.2) is 0 Å². The van der Waals surface area contributed by atoms with Gasteiger partial charge in [-0.1, -0.05) is 0 Å². The molecule has 1 aromatic rings. The van der Waals surface area contributed by atoms with Crippen LogP contribution in [0.25, 0.3) is 0 Å². The lowest BCUT2D eigenvalue weighted by Gasteiger charge is -2.38. The van der Waals surface area contributed by atoms with Crippen LogP contribution in [-0.4, -0.2) is 45.1 Å². The quantitative estimate of drug-likeness (QED) is 0.751. The van der Waals surface area contributed by atoms with Crippen LogP contribution in [0.3, 0.4) is 0 Å². The number of hydrogen-bond donors (Lipinski definition) is 2. The molecule has 1 saturated heterocycles. The third-order valence-corrected chi connectivity index (χ3v) is 4.21. The first kappa shape index (κ1) is 14.9. The Hall–Kier alpha value is -3.03. The number of carbonyl (C=O) groups excluding carboxylic acids is 4. The van der Waals surface area contributed by atoms with Crippen molar-refractivity contribution in [2.24, 2.45) is 0 Å². The maximum Gasteiger partial charge on any atom is 0.335 e. The van der Waals surface area contributed by atoms with E-state index in [4.69, 9.17) is 5.11 Å². The summed E-state index contributed by atoms with van der Waals surface area (Å²) in [7, 11) is 0. The Kier molecular flexibility index (Phi) is 3.06. The zero-order chi connectivity index (χ0) is 16.9. The van der Waals surface area contributed by atoms with Gasteiger partial charge in [-0.05, 0) is 31.5 Å². The topological polar surface area (TPSA) is 121 Å². The summed E-state index contributed by atoms with van der Waals surface area (Å²) in [6.45, 7) is 1.41. The first-order valence-corrected chi connectivity index (χ1v) is 6.86. The van der Waals surface area contributed by atoms with Crippen molar-refractivity contribution in [1.29, 1.82) is 0 Å². The minimum Gasteiger partial charge on any atom is -0.478 e. The van der Waals surface area contributed by atoms with E-state index in [1.165, 1.54) is 19.1 Å². The molecule has 0 saturated carbocycles. The molecule has 0 aliphatic carbocycles. The molecule has 0 radical (unpaired) electrons. The number of carboxylic acid groups (broad SMARTS) is 1. The minimum atomic E-state index is -1.48. The average Bonchev–Trinajstić information content (AvgIpc) is 2.75. The summed E-state index contributed by atoms with van der Waals surface area (Å²) < 4.78 is 0. The molecule has 1 aromatic carbocycles. The predicted molar refractivity (Wildman–Crippen MR) is 74.7 cm³/mol.